The van der Waals surface area contributed by atoms with Gasteiger partial charge in [0, 0.05) is 8.95 Å². The maximum absolute atomic E-state index is 6.60. The van der Waals surface area contributed by atoms with Crippen LogP contribution in [-0.4, -0.2) is 7.11 Å². The van der Waals surface area contributed by atoms with E-state index in [1.165, 1.54) is 0 Å². The van der Waals surface area contributed by atoms with E-state index < -0.39 is 0 Å². The molecule has 0 bridgehead atoms. The molecular weight excluding hydrogens is 391 g/mol. The van der Waals surface area contributed by atoms with E-state index in [-0.39, 0.29) is 5.38 Å². The molecule has 0 fully saturated rings. The number of aryl methyl sites for hydroxylation is 1. The van der Waals surface area contributed by atoms with Crippen LogP contribution in [0.25, 0.3) is 0 Å². The summed E-state index contributed by atoms with van der Waals surface area (Å²) in [6.45, 7) is 2.06. The lowest BCUT2D eigenvalue weighted by molar-refractivity contribution is 0.414. The largest absolute Gasteiger partial charge is 0.497 e. The van der Waals surface area contributed by atoms with Crippen LogP contribution in [-0.2, 0) is 0 Å². The Labute approximate surface area is 135 Å². The van der Waals surface area contributed by atoms with E-state index >= 15 is 0 Å². The second-order valence-corrected chi connectivity index (χ2v) is 6.46. The summed E-state index contributed by atoms with van der Waals surface area (Å²) in [6, 6.07) is 12.0. The van der Waals surface area contributed by atoms with E-state index in [0.29, 0.717) is 0 Å². The predicted octanol–water partition coefficient (Wildman–Crippen LogP) is 5.86. The molecule has 0 aliphatic carbocycles. The van der Waals surface area contributed by atoms with Crippen molar-refractivity contribution in [1.29, 1.82) is 0 Å². The topological polar surface area (TPSA) is 9.23 Å². The molecule has 0 aliphatic rings. The van der Waals surface area contributed by atoms with Gasteiger partial charge in [-0.3, -0.25) is 0 Å². The third-order valence-corrected chi connectivity index (χ3v) is 4.64. The average Bonchev–Trinajstić information content (AvgIpc) is 2.37. The summed E-state index contributed by atoms with van der Waals surface area (Å²) in [5.41, 5.74) is 3.31. The zero-order valence-corrected chi connectivity index (χ0v) is 14.5. The van der Waals surface area contributed by atoms with E-state index in [4.69, 9.17) is 16.3 Å². The molecule has 0 aliphatic heterocycles. The van der Waals surface area contributed by atoms with Crippen LogP contribution in [0.1, 0.15) is 22.1 Å². The van der Waals surface area contributed by atoms with Crippen LogP contribution in [0.5, 0.6) is 5.75 Å². The molecule has 1 nitrogen and oxygen atoms in total. The van der Waals surface area contributed by atoms with Gasteiger partial charge in [-0.25, -0.2) is 0 Å². The second-order valence-electron chi connectivity index (χ2n) is 4.25. The van der Waals surface area contributed by atoms with Crippen molar-refractivity contribution in [2.75, 3.05) is 7.11 Å². The molecule has 100 valence electrons. The Kier molecular flexibility index (Phi) is 4.93. The van der Waals surface area contributed by atoms with Gasteiger partial charge >= 0.3 is 0 Å². The number of alkyl halides is 1. The fraction of sp³-hybridized carbons (Fsp3) is 0.200. The molecule has 0 saturated heterocycles. The fourth-order valence-corrected chi connectivity index (χ4v) is 3.56. The van der Waals surface area contributed by atoms with Gasteiger partial charge in [0.1, 0.15) is 5.75 Å². The Morgan fingerprint density at radius 1 is 1.05 bits per heavy atom. The lowest BCUT2D eigenvalue weighted by atomic mass is 10.00. The first-order valence-corrected chi connectivity index (χ1v) is 7.78. The Morgan fingerprint density at radius 3 is 2.32 bits per heavy atom. The van der Waals surface area contributed by atoms with Crippen molar-refractivity contribution < 1.29 is 4.74 Å². The van der Waals surface area contributed by atoms with Crippen molar-refractivity contribution in [3.63, 3.8) is 0 Å². The minimum Gasteiger partial charge on any atom is -0.497 e. The highest BCUT2D eigenvalue weighted by atomic mass is 79.9. The minimum atomic E-state index is -0.187. The van der Waals surface area contributed by atoms with Crippen LogP contribution < -0.4 is 4.74 Å². The van der Waals surface area contributed by atoms with Crippen LogP contribution in [0.4, 0.5) is 0 Å². The van der Waals surface area contributed by atoms with Crippen LogP contribution in [0, 0.1) is 6.92 Å². The Morgan fingerprint density at radius 2 is 1.74 bits per heavy atom. The minimum absolute atomic E-state index is 0.187. The fourth-order valence-electron chi connectivity index (χ4n) is 1.93. The first kappa shape index (κ1) is 14.9. The Hall–Kier alpha value is -0.510. The van der Waals surface area contributed by atoms with Crippen molar-refractivity contribution in [3.8, 4) is 5.75 Å². The molecule has 19 heavy (non-hydrogen) atoms. The number of benzene rings is 2. The molecular formula is C15H13Br2ClO. The van der Waals surface area contributed by atoms with E-state index in [0.717, 1.165) is 31.4 Å². The lowest BCUT2D eigenvalue weighted by Gasteiger charge is -2.16. The summed E-state index contributed by atoms with van der Waals surface area (Å²) in [5.74, 6) is 0.812. The number of hydrogen-bond acceptors (Lipinski definition) is 1. The van der Waals surface area contributed by atoms with Crippen molar-refractivity contribution in [1.82, 2.24) is 0 Å². The highest BCUT2D eigenvalue weighted by Gasteiger charge is 2.16. The summed E-state index contributed by atoms with van der Waals surface area (Å²) in [7, 11) is 1.65. The predicted molar refractivity (Wildman–Crippen MR) is 87.3 cm³/mol. The monoisotopic (exact) mass is 402 g/mol. The summed E-state index contributed by atoms with van der Waals surface area (Å²) >= 11 is 13.6. The molecule has 0 radical (unpaired) electrons. The van der Waals surface area contributed by atoms with Crippen LogP contribution >= 0.6 is 43.5 Å². The first-order valence-electron chi connectivity index (χ1n) is 5.76. The smallest absolute Gasteiger partial charge is 0.120 e. The SMILES string of the molecule is COc1ccc(C(Cl)c2ccc(Br)cc2C)c(Br)c1. The van der Waals surface area contributed by atoms with E-state index in [9.17, 15) is 0 Å². The molecule has 1 atom stereocenters. The molecule has 2 rings (SSSR count). The van der Waals surface area contributed by atoms with E-state index in [1.807, 2.05) is 30.3 Å². The Bertz CT molecular complexity index is 599. The summed E-state index contributed by atoms with van der Waals surface area (Å²) in [5, 5.41) is -0.187. The first-order chi connectivity index (χ1) is 9.02. The van der Waals surface area contributed by atoms with Gasteiger partial charge in [0.15, 0.2) is 0 Å². The van der Waals surface area contributed by atoms with Gasteiger partial charge in [-0.15, -0.1) is 11.6 Å². The number of hydrogen-bond donors (Lipinski definition) is 0. The molecule has 0 N–H and O–H groups in total. The Balaban J connectivity index is 2.41. The van der Waals surface area contributed by atoms with Gasteiger partial charge in [-0.1, -0.05) is 44.0 Å². The number of ether oxygens (including phenoxy) is 1. The summed E-state index contributed by atoms with van der Waals surface area (Å²) in [6.07, 6.45) is 0. The van der Waals surface area contributed by atoms with Gasteiger partial charge in [0.05, 0.1) is 12.5 Å². The van der Waals surface area contributed by atoms with Crippen molar-refractivity contribution in [2.24, 2.45) is 0 Å². The van der Waals surface area contributed by atoms with Crippen LogP contribution in [0.3, 0.4) is 0 Å². The van der Waals surface area contributed by atoms with E-state index in [2.05, 4.69) is 44.8 Å². The molecule has 4 heteroatoms. The highest BCUT2D eigenvalue weighted by molar-refractivity contribution is 9.10. The van der Waals surface area contributed by atoms with Gasteiger partial charge in [0.25, 0.3) is 0 Å². The summed E-state index contributed by atoms with van der Waals surface area (Å²) < 4.78 is 7.21. The van der Waals surface area contributed by atoms with E-state index in [1.54, 1.807) is 7.11 Å². The maximum Gasteiger partial charge on any atom is 0.120 e. The zero-order valence-electron chi connectivity index (χ0n) is 10.6. The average molecular weight is 405 g/mol. The van der Waals surface area contributed by atoms with Gasteiger partial charge in [-0.05, 0) is 47.9 Å². The third-order valence-electron chi connectivity index (χ3n) is 2.99. The number of rotatable bonds is 3. The normalized spacial score (nSPS) is 12.3. The molecule has 1 unspecified atom stereocenters. The molecule has 2 aromatic rings. The molecule has 0 aromatic heterocycles. The van der Waals surface area contributed by atoms with Crippen molar-refractivity contribution in [2.45, 2.75) is 12.3 Å². The van der Waals surface area contributed by atoms with Crippen LogP contribution in [0.15, 0.2) is 45.3 Å². The van der Waals surface area contributed by atoms with Gasteiger partial charge < -0.3 is 4.74 Å². The van der Waals surface area contributed by atoms with Crippen molar-refractivity contribution >= 4 is 43.5 Å². The van der Waals surface area contributed by atoms with Crippen LogP contribution in [0.2, 0.25) is 0 Å². The second kappa shape index (κ2) is 6.29. The standard InChI is InChI=1S/C15H13Br2ClO/c1-9-7-10(16)3-5-12(9)15(18)13-6-4-11(19-2)8-14(13)17/h3-8,15H,1-2H3. The zero-order chi connectivity index (χ0) is 14.0. The quantitative estimate of drug-likeness (QED) is 0.583. The molecule has 0 saturated carbocycles. The molecule has 0 spiro atoms. The van der Waals surface area contributed by atoms with Gasteiger partial charge in [0.2, 0.25) is 0 Å². The molecule has 0 heterocycles. The highest BCUT2D eigenvalue weighted by Crippen LogP contribution is 2.37. The molecule has 0 amide bonds. The van der Waals surface area contributed by atoms with Gasteiger partial charge in [-0.2, -0.15) is 0 Å². The molecule has 2 aromatic carbocycles. The third kappa shape index (κ3) is 3.33. The maximum atomic E-state index is 6.60. The number of halogens is 3. The lowest BCUT2D eigenvalue weighted by Crippen LogP contribution is -1.98. The van der Waals surface area contributed by atoms with Crippen molar-refractivity contribution in [3.05, 3.63) is 62.0 Å². The number of methoxy groups -OCH3 is 1. The summed E-state index contributed by atoms with van der Waals surface area (Å²) in [4.78, 5) is 0.